The van der Waals surface area contributed by atoms with Gasteiger partial charge in [-0.05, 0) is 18.1 Å². The number of phenols is 1. The first-order chi connectivity index (χ1) is 14.5. The van der Waals surface area contributed by atoms with E-state index in [4.69, 9.17) is 9.47 Å². The minimum absolute atomic E-state index is 0.130. The molecule has 2 rings (SSSR count). The van der Waals surface area contributed by atoms with Gasteiger partial charge in [-0.15, -0.1) is 0 Å². The van der Waals surface area contributed by atoms with E-state index in [9.17, 15) is 15.0 Å². The van der Waals surface area contributed by atoms with Crippen LogP contribution >= 0.6 is 0 Å². The minimum Gasteiger partial charge on any atom is -0.507 e. The Kier molecular flexibility index (Phi) is 10.5. The van der Waals surface area contributed by atoms with E-state index in [-0.39, 0.29) is 17.7 Å². The fourth-order valence-corrected chi connectivity index (χ4v) is 4.27. The first-order valence-electron chi connectivity index (χ1n) is 11.8. The summed E-state index contributed by atoms with van der Waals surface area (Å²) in [4.78, 5) is 12.3. The van der Waals surface area contributed by atoms with Gasteiger partial charge in [-0.25, -0.2) is 4.79 Å². The standard InChI is InChI=1S/C25H40O5/c1-3-4-5-6-7-8-9-10-11-12-13-14-15-16-25(28)19-20-17-21(29-2)18-22(26)23(20)24(27)30-25/h17-18,26,28H,3-16,19H2,1-2H3. The number of unbranched alkanes of at least 4 members (excludes halogenated alkanes) is 12. The zero-order chi connectivity index (χ0) is 21.8. The van der Waals surface area contributed by atoms with Gasteiger partial charge in [0.1, 0.15) is 17.1 Å². The average molecular weight is 421 g/mol. The summed E-state index contributed by atoms with van der Waals surface area (Å²) in [5.41, 5.74) is 0.700. The maximum absolute atomic E-state index is 12.3. The second-order valence-corrected chi connectivity index (χ2v) is 8.69. The second kappa shape index (κ2) is 12.8. The zero-order valence-corrected chi connectivity index (χ0v) is 18.9. The van der Waals surface area contributed by atoms with Crippen molar-refractivity contribution in [1.82, 2.24) is 0 Å². The van der Waals surface area contributed by atoms with Crippen molar-refractivity contribution in [2.24, 2.45) is 0 Å². The van der Waals surface area contributed by atoms with Crippen LogP contribution in [-0.4, -0.2) is 29.1 Å². The maximum atomic E-state index is 12.3. The number of hydrogen-bond acceptors (Lipinski definition) is 5. The van der Waals surface area contributed by atoms with Crippen LogP contribution in [0.4, 0.5) is 0 Å². The molecule has 1 aromatic rings. The molecule has 1 heterocycles. The van der Waals surface area contributed by atoms with Crippen LogP contribution in [0.2, 0.25) is 0 Å². The first kappa shape index (κ1) is 24.5. The summed E-state index contributed by atoms with van der Waals surface area (Å²) in [7, 11) is 1.50. The predicted octanol–water partition coefficient (Wildman–Crippen LogP) is 6.28. The van der Waals surface area contributed by atoms with Crippen molar-refractivity contribution in [2.45, 2.75) is 109 Å². The van der Waals surface area contributed by atoms with Crippen LogP contribution in [0, 0.1) is 0 Å². The van der Waals surface area contributed by atoms with Crippen molar-refractivity contribution in [1.29, 1.82) is 0 Å². The Morgan fingerprint density at radius 3 is 2.00 bits per heavy atom. The van der Waals surface area contributed by atoms with E-state index in [1.807, 2.05) is 0 Å². The van der Waals surface area contributed by atoms with Crippen LogP contribution in [-0.2, 0) is 11.2 Å². The Labute approximate surface area is 181 Å². The highest BCUT2D eigenvalue weighted by Crippen LogP contribution is 2.37. The van der Waals surface area contributed by atoms with Gasteiger partial charge in [0, 0.05) is 18.9 Å². The van der Waals surface area contributed by atoms with Crippen molar-refractivity contribution in [3.8, 4) is 11.5 Å². The van der Waals surface area contributed by atoms with E-state index in [2.05, 4.69) is 6.92 Å². The largest absolute Gasteiger partial charge is 0.507 e. The summed E-state index contributed by atoms with van der Waals surface area (Å²) in [5.74, 6) is -1.88. The van der Waals surface area contributed by atoms with Crippen molar-refractivity contribution < 1.29 is 24.5 Å². The number of aliphatic hydroxyl groups is 1. The zero-order valence-electron chi connectivity index (χ0n) is 18.9. The number of aromatic hydroxyl groups is 1. The fraction of sp³-hybridized carbons (Fsp3) is 0.720. The predicted molar refractivity (Wildman–Crippen MR) is 119 cm³/mol. The average Bonchev–Trinajstić information content (AvgIpc) is 2.70. The third-order valence-corrected chi connectivity index (χ3v) is 6.03. The molecule has 5 nitrogen and oxygen atoms in total. The number of rotatable bonds is 15. The van der Waals surface area contributed by atoms with E-state index >= 15 is 0 Å². The number of phenolic OH excluding ortho intramolecular Hbond substituents is 1. The first-order valence-corrected chi connectivity index (χ1v) is 11.8. The second-order valence-electron chi connectivity index (χ2n) is 8.69. The van der Waals surface area contributed by atoms with Crippen molar-refractivity contribution >= 4 is 5.97 Å². The van der Waals surface area contributed by atoms with E-state index in [1.165, 1.54) is 77.4 Å². The molecule has 2 N–H and O–H groups in total. The molecule has 0 radical (unpaired) electrons. The van der Waals surface area contributed by atoms with Crippen molar-refractivity contribution in [3.05, 3.63) is 23.3 Å². The summed E-state index contributed by atoms with van der Waals surface area (Å²) in [6, 6.07) is 3.07. The maximum Gasteiger partial charge on any atom is 0.344 e. The van der Waals surface area contributed by atoms with Gasteiger partial charge in [-0.1, -0.05) is 84.0 Å². The molecule has 1 atom stereocenters. The van der Waals surface area contributed by atoms with Gasteiger partial charge in [0.05, 0.1) is 7.11 Å². The molecule has 0 saturated carbocycles. The summed E-state index contributed by atoms with van der Waals surface area (Å²) < 4.78 is 10.4. The number of hydrogen-bond donors (Lipinski definition) is 2. The molecule has 1 aliphatic heterocycles. The molecule has 0 bridgehead atoms. The van der Waals surface area contributed by atoms with Crippen LogP contribution in [0.5, 0.6) is 11.5 Å². The SMILES string of the molecule is CCCCCCCCCCCCCCCC1(O)Cc2cc(OC)cc(O)c2C(=O)O1. The topological polar surface area (TPSA) is 76.0 Å². The van der Waals surface area contributed by atoms with Gasteiger partial charge in [0.25, 0.3) is 0 Å². The van der Waals surface area contributed by atoms with Gasteiger partial charge >= 0.3 is 5.97 Å². The monoisotopic (exact) mass is 420 g/mol. The fourth-order valence-electron chi connectivity index (χ4n) is 4.27. The lowest BCUT2D eigenvalue weighted by atomic mass is 9.92. The lowest BCUT2D eigenvalue weighted by molar-refractivity contribution is -0.174. The molecule has 30 heavy (non-hydrogen) atoms. The normalized spacial score (nSPS) is 18.2. The lowest BCUT2D eigenvalue weighted by Gasteiger charge is -2.33. The van der Waals surface area contributed by atoms with E-state index in [0.717, 1.165) is 19.3 Å². The van der Waals surface area contributed by atoms with Crippen LogP contribution in [0.1, 0.15) is 113 Å². The minimum atomic E-state index is -1.50. The number of fused-ring (bicyclic) bond motifs is 1. The Balaban J connectivity index is 1.60. The molecule has 5 heteroatoms. The quantitative estimate of drug-likeness (QED) is 0.258. The molecule has 1 aliphatic rings. The molecule has 0 aliphatic carbocycles. The molecule has 0 fully saturated rings. The molecule has 170 valence electrons. The van der Waals surface area contributed by atoms with Gasteiger partial charge in [-0.2, -0.15) is 0 Å². The third-order valence-electron chi connectivity index (χ3n) is 6.03. The van der Waals surface area contributed by atoms with Gasteiger partial charge in [0.2, 0.25) is 5.79 Å². The summed E-state index contributed by atoms with van der Waals surface area (Å²) in [5, 5.41) is 20.8. The number of carbonyl (C=O) groups excluding carboxylic acids is 1. The molecule has 0 aromatic heterocycles. The number of cyclic esters (lactones) is 1. The van der Waals surface area contributed by atoms with E-state index in [1.54, 1.807) is 6.07 Å². The highest BCUT2D eigenvalue weighted by molar-refractivity contribution is 5.95. The van der Waals surface area contributed by atoms with Crippen LogP contribution in [0.3, 0.4) is 0 Å². The van der Waals surface area contributed by atoms with E-state index < -0.39 is 11.8 Å². The summed E-state index contributed by atoms with van der Waals surface area (Å²) in [6.45, 7) is 2.25. The van der Waals surface area contributed by atoms with E-state index in [0.29, 0.717) is 17.7 Å². The molecule has 1 aromatic carbocycles. The number of methoxy groups -OCH3 is 1. The third kappa shape index (κ3) is 7.82. The molecule has 0 spiro atoms. The van der Waals surface area contributed by atoms with Crippen molar-refractivity contribution in [3.63, 3.8) is 0 Å². The van der Waals surface area contributed by atoms with Crippen LogP contribution in [0.25, 0.3) is 0 Å². The highest BCUT2D eigenvalue weighted by Gasteiger charge is 2.39. The van der Waals surface area contributed by atoms with Gasteiger partial charge < -0.3 is 19.7 Å². The van der Waals surface area contributed by atoms with Crippen molar-refractivity contribution in [2.75, 3.05) is 7.11 Å². The van der Waals surface area contributed by atoms with Gasteiger partial charge in [-0.3, -0.25) is 0 Å². The lowest BCUT2D eigenvalue weighted by Crippen LogP contribution is -2.41. The number of esters is 1. The van der Waals surface area contributed by atoms with Crippen LogP contribution < -0.4 is 4.74 Å². The number of benzene rings is 1. The molecule has 0 amide bonds. The number of carbonyl (C=O) groups is 1. The number of ether oxygens (including phenoxy) is 2. The molecule has 1 unspecified atom stereocenters. The molecule has 0 saturated heterocycles. The Morgan fingerprint density at radius 1 is 0.933 bits per heavy atom. The molecular weight excluding hydrogens is 380 g/mol. The smallest absolute Gasteiger partial charge is 0.344 e. The van der Waals surface area contributed by atoms with Gasteiger partial charge in [0.15, 0.2) is 0 Å². The Bertz CT molecular complexity index is 657. The Morgan fingerprint density at radius 2 is 1.47 bits per heavy atom. The molecular formula is C25H40O5. The summed E-state index contributed by atoms with van der Waals surface area (Å²) in [6.07, 6.45) is 16.9. The Hall–Kier alpha value is -1.75. The summed E-state index contributed by atoms with van der Waals surface area (Å²) >= 11 is 0. The highest BCUT2D eigenvalue weighted by atomic mass is 16.7. The van der Waals surface area contributed by atoms with Crippen LogP contribution in [0.15, 0.2) is 12.1 Å².